The van der Waals surface area contributed by atoms with Gasteiger partial charge in [-0.1, -0.05) is 38.1 Å². The molecular weight excluding hydrogens is 422 g/mol. The number of rotatable bonds is 7. The van der Waals surface area contributed by atoms with Crippen LogP contribution in [0.5, 0.6) is 0 Å². The third-order valence-corrected chi connectivity index (χ3v) is 5.35. The summed E-state index contributed by atoms with van der Waals surface area (Å²) in [6, 6.07) is 8.24. The van der Waals surface area contributed by atoms with Gasteiger partial charge in [0.15, 0.2) is 0 Å². The van der Waals surface area contributed by atoms with Crippen LogP contribution in [0.4, 0.5) is 0 Å². The van der Waals surface area contributed by atoms with Crippen molar-refractivity contribution in [2.24, 2.45) is 0 Å². The Morgan fingerprint density at radius 3 is 2.14 bits per heavy atom. The Bertz CT molecular complexity index is 654. The maximum absolute atomic E-state index is 11.3. The van der Waals surface area contributed by atoms with E-state index in [0.717, 1.165) is 18.7 Å². The largest absolute Gasteiger partial charge is 2.00 e. The molecular formula is C21H31CuN3O4. The molecule has 0 saturated carbocycles. The van der Waals surface area contributed by atoms with E-state index >= 15 is 0 Å². The third-order valence-electron chi connectivity index (χ3n) is 5.35. The summed E-state index contributed by atoms with van der Waals surface area (Å²) in [4.78, 5) is 28.3. The summed E-state index contributed by atoms with van der Waals surface area (Å²) in [7, 11) is 1.96. The zero-order chi connectivity index (χ0) is 20.7. The van der Waals surface area contributed by atoms with Gasteiger partial charge in [0.1, 0.15) is 0 Å². The molecule has 1 saturated heterocycles. The summed E-state index contributed by atoms with van der Waals surface area (Å²) >= 11 is 0. The Hall–Kier alpha value is -1.44. The van der Waals surface area contributed by atoms with E-state index in [-0.39, 0.29) is 36.2 Å². The Morgan fingerprint density at radius 2 is 1.59 bits per heavy atom. The zero-order valence-corrected chi connectivity index (χ0v) is 18.3. The molecule has 7 nitrogen and oxygen atoms in total. The molecule has 0 amide bonds. The molecule has 1 aromatic carbocycles. The summed E-state index contributed by atoms with van der Waals surface area (Å²) in [5, 5.41) is 22.5. The number of likely N-dealkylation sites (N-methyl/N-ethyl adjacent to an activating group) is 1. The second-order valence-electron chi connectivity index (χ2n) is 8.01. The van der Waals surface area contributed by atoms with Gasteiger partial charge in [0.25, 0.3) is 0 Å². The number of hydrogen-bond acceptors (Lipinski definition) is 7. The average molecular weight is 453 g/mol. The Morgan fingerprint density at radius 1 is 1.00 bits per heavy atom. The predicted molar refractivity (Wildman–Crippen MR) is 104 cm³/mol. The van der Waals surface area contributed by atoms with Crippen molar-refractivity contribution >= 4 is 11.9 Å². The van der Waals surface area contributed by atoms with Crippen LogP contribution < -0.4 is 10.2 Å². The molecule has 0 bridgehead atoms. The first-order valence-electron chi connectivity index (χ1n) is 9.88. The van der Waals surface area contributed by atoms with Gasteiger partial charge in [0.2, 0.25) is 0 Å². The average Bonchev–Trinajstić information content (AvgIpc) is 2.67. The van der Waals surface area contributed by atoms with Crippen LogP contribution in [0, 0.1) is 0 Å². The molecule has 29 heavy (non-hydrogen) atoms. The molecule has 8 heteroatoms. The minimum Gasteiger partial charge on any atom is -0.549 e. The van der Waals surface area contributed by atoms with Gasteiger partial charge in [-0.2, -0.15) is 0 Å². The minimum absolute atomic E-state index is 0. The minimum atomic E-state index is -1.12. The molecule has 1 aromatic rings. The number of carboxylic acids is 2. The first kappa shape index (κ1) is 25.6. The third kappa shape index (κ3) is 8.84. The molecule has 1 fully saturated rings. The number of aliphatic carboxylic acids is 2. The van der Waals surface area contributed by atoms with E-state index in [2.05, 4.69) is 43.0 Å². The van der Waals surface area contributed by atoms with Crippen LogP contribution in [-0.4, -0.2) is 85.5 Å². The van der Waals surface area contributed by atoms with Crippen molar-refractivity contribution in [2.45, 2.75) is 32.2 Å². The van der Waals surface area contributed by atoms with Gasteiger partial charge in [0, 0.05) is 51.9 Å². The summed E-state index contributed by atoms with van der Waals surface area (Å²) < 4.78 is 0. The molecule has 0 N–H and O–H groups in total. The van der Waals surface area contributed by atoms with Gasteiger partial charge in [0.05, 0.1) is 11.9 Å². The van der Waals surface area contributed by atoms with Crippen LogP contribution in [0.15, 0.2) is 24.3 Å². The van der Waals surface area contributed by atoms with Crippen LogP contribution in [0.25, 0.3) is 0 Å². The molecule has 1 radical (unpaired) electrons. The Kier molecular flexibility index (Phi) is 10.9. The summed E-state index contributed by atoms with van der Waals surface area (Å²) in [5.41, 5.74) is 2.36. The van der Waals surface area contributed by atoms with E-state index in [9.17, 15) is 19.8 Å². The fraction of sp³-hybridized carbons (Fsp3) is 0.619. The van der Waals surface area contributed by atoms with E-state index in [1.165, 1.54) is 5.56 Å². The van der Waals surface area contributed by atoms with E-state index in [4.69, 9.17) is 0 Å². The zero-order valence-electron chi connectivity index (χ0n) is 17.4. The first-order chi connectivity index (χ1) is 13.2. The molecule has 1 atom stereocenters. The van der Waals surface area contributed by atoms with E-state index < -0.39 is 11.9 Å². The van der Waals surface area contributed by atoms with Crippen molar-refractivity contribution in [1.82, 2.24) is 14.7 Å². The van der Waals surface area contributed by atoms with Crippen molar-refractivity contribution in [3.05, 3.63) is 35.4 Å². The fourth-order valence-electron chi connectivity index (χ4n) is 3.61. The molecule has 1 aliphatic rings. The normalized spacial score (nSPS) is 19.8. The molecule has 0 aliphatic carbocycles. The Labute approximate surface area is 184 Å². The van der Waals surface area contributed by atoms with Crippen LogP contribution in [0.1, 0.15) is 30.9 Å². The smallest absolute Gasteiger partial charge is 0.549 e. The van der Waals surface area contributed by atoms with Crippen molar-refractivity contribution < 1.29 is 36.9 Å². The van der Waals surface area contributed by atoms with E-state index in [1.807, 2.05) is 16.8 Å². The van der Waals surface area contributed by atoms with Crippen LogP contribution >= 0.6 is 0 Å². The maximum atomic E-state index is 11.3. The monoisotopic (exact) mass is 452 g/mol. The van der Waals surface area contributed by atoms with E-state index in [1.54, 1.807) is 0 Å². The molecule has 0 spiro atoms. The molecule has 2 rings (SSSR count). The molecule has 165 valence electrons. The van der Waals surface area contributed by atoms with Gasteiger partial charge >= 0.3 is 17.1 Å². The summed E-state index contributed by atoms with van der Waals surface area (Å²) in [6.07, 6.45) is 0.652. The van der Waals surface area contributed by atoms with Crippen molar-refractivity contribution in [3.8, 4) is 0 Å². The number of carbonyl (C=O) groups is 2. The molecule has 1 heterocycles. The fourth-order valence-corrected chi connectivity index (χ4v) is 3.61. The van der Waals surface area contributed by atoms with Gasteiger partial charge in [-0.05, 0) is 30.5 Å². The van der Waals surface area contributed by atoms with Crippen LogP contribution in [-0.2, 0) is 33.1 Å². The number of carboxylic acid groups (broad SMARTS) is 2. The van der Waals surface area contributed by atoms with Crippen LogP contribution in [0.3, 0.4) is 0 Å². The SMILES string of the molecule is CC(C)c1ccc(CC2CN(CC(=O)[O-])CCN(C)CCN2CC(=O)[O-])cc1.[Cu+2]. The second kappa shape index (κ2) is 12.3. The van der Waals surface area contributed by atoms with Gasteiger partial charge in [-0.15, -0.1) is 0 Å². The number of benzene rings is 1. The quantitative estimate of drug-likeness (QED) is 0.478. The maximum Gasteiger partial charge on any atom is 2.00 e. The van der Waals surface area contributed by atoms with Gasteiger partial charge in [-0.3, -0.25) is 9.80 Å². The van der Waals surface area contributed by atoms with E-state index in [0.29, 0.717) is 32.0 Å². The molecule has 0 aromatic heterocycles. The van der Waals surface area contributed by atoms with Crippen molar-refractivity contribution in [3.63, 3.8) is 0 Å². The summed E-state index contributed by atoms with van der Waals surface area (Å²) in [6.45, 7) is 7.08. The molecule has 1 unspecified atom stereocenters. The van der Waals surface area contributed by atoms with Crippen LogP contribution in [0.2, 0.25) is 0 Å². The number of hydrogen-bond donors (Lipinski definition) is 0. The van der Waals surface area contributed by atoms with Crippen molar-refractivity contribution in [2.75, 3.05) is 52.9 Å². The summed E-state index contributed by atoms with van der Waals surface area (Å²) in [5.74, 6) is -1.79. The number of carbonyl (C=O) groups excluding carboxylic acids is 2. The molecule has 1 aliphatic heterocycles. The standard InChI is InChI=1S/C21H33N3O4.Cu/c1-16(2)18-6-4-17(5-7-18)12-19-13-23(14-20(25)26)10-8-22(3)9-11-24(19)15-21(27)28;/h4-7,16,19H,8-15H2,1-3H3,(H,25,26)(H,27,28);/q;+2/p-2. The van der Waals surface area contributed by atoms with Gasteiger partial charge < -0.3 is 24.7 Å². The predicted octanol–water partition coefficient (Wildman–Crippen LogP) is -1.23. The topological polar surface area (TPSA) is 90.0 Å². The number of nitrogens with zero attached hydrogens (tertiary/aromatic N) is 3. The first-order valence-corrected chi connectivity index (χ1v) is 9.88. The van der Waals surface area contributed by atoms with Gasteiger partial charge in [-0.25, -0.2) is 0 Å². The second-order valence-corrected chi connectivity index (χ2v) is 8.01. The van der Waals surface area contributed by atoms with Crippen molar-refractivity contribution in [1.29, 1.82) is 0 Å². The Balaban J connectivity index is 0.00000420.